The zero-order chi connectivity index (χ0) is 17.7. The number of hydrogen-bond donors (Lipinski definition) is 2. The Kier molecular flexibility index (Phi) is 5.88. The van der Waals surface area contributed by atoms with Crippen LogP contribution in [0.3, 0.4) is 0 Å². The summed E-state index contributed by atoms with van der Waals surface area (Å²) in [7, 11) is 0. The molecule has 0 bridgehead atoms. The van der Waals surface area contributed by atoms with Crippen molar-refractivity contribution in [3.63, 3.8) is 0 Å². The Morgan fingerprint density at radius 3 is 2.75 bits per heavy atom. The van der Waals surface area contributed by atoms with E-state index in [1.54, 1.807) is 30.2 Å². The van der Waals surface area contributed by atoms with Crippen molar-refractivity contribution in [3.05, 3.63) is 82.4 Å². The first kappa shape index (κ1) is 17.9. The molecule has 1 aliphatic rings. The highest BCUT2D eigenvalue weighted by atomic mass is 35.5. The molecule has 0 radical (unpaired) electrons. The Balaban J connectivity index is 2.16. The highest BCUT2D eigenvalue weighted by Crippen LogP contribution is 2.21. The van der Waals surface area contributed by atoms with E-state index in [9.17, 15) is 9.90 Å². The minimum atomic E-state index is -0.990. The van der Waals surface area contributed by atoms with Crippen molar-refractivity contribution < 1.29 is 9.90 Å². The van der Waals surface area contributed by atoms with Crippen LogP contribution in [0.2, 0.25) is 5.02 Å². The van der Waals surface area contributed by atoms with Gasteiger partial charge in [-0.2, -0.15) is 0 Å². The summed E-state index contributed by atoms with van der Waals surface area (Å²) in [4.78, 5) is 12.9. The average molecular weight is 345 g/mol. The summed E-state index contributed by atoms with van der Waals surface area (Å²) in [6.07, 6.45) is 7.87. The molecule has 5 heteroatoms. The van der Waals surface area contributed by atoms with E-state index in [1.165, 1.54) is 5.56 Å². The second-order valence-electron chi connectivity index (χ2n) is 5.38. The Labute approximate surface area is 147 Å². The molecule has 1 aromatic rings. The van der Waals surface area contributed by atoms with Crippen LogP contribution in [-0.4, -0.2) is 16.0 Å². The van der Waals surface area contributed by atoms with Crippen LogP contribution in [0, 0.1) is 0 Å². The number of carboxylic acid groups (broad SMARTS) is 1. The van der Waals surface area contributed by atoms with Gasteiger partial charge in [0.1, 0.15) is 5.70 Å². The minimum absolute atomic E-state index is 0.171. The van der Waals surface area contributed by atoms with Gasteiger partial charge in [0.25, 0.3) is 0 Å². The second-order valence-corrected chi connectivity index (χ2v) is 5.81. The predicted octanol–water partition coefficient (Wildman–Crippen LogP) is 4.21. The molecule has 0 aromatic heterocycles. The molecule has 2 N–H and O–H groups in total. The van der Waals surface area contributed by atoms with Crippen LogP contribution in [0.5, 0.6) is 0 Å². The molecule has 1 aliphatic heterocycles. The number of nitrogens with zero attached hydrogens (tertiary/aromatic N) is 1. The maximum Gasteiger partial charge on any atom is 0.352 e. The summed E-state index contributed by atoms with van der Waals surface area (Å²) >= 11 is 6.04. The molecule has 1 aromatic carbocycles. The molecule has 0 amide bonds. The monoisotopic (exact) mass is 344 g/mol. The molecule has 1 heterocycles. The van der Waals surface area contributed by atoms with Crippen LogP contribution in [-0.2, 0) is 17.8 Å². The topological polar surface area (TPSA) is 52.6 Å². The number of halogens is 1. The van der Waals surface area contributed by atoms with Crippen LogP contribution in [0.4, 0.5) is 0 Å². The van der Waals surface area contributed by atoms with Gasteiger partial charge >= 0.3 is 5.97 Å². The van der Waals surface area contributed by atoms with Gasteiger partial charge in [-0.05, 0) is 48.8 Å². The summed E-state index contributed by atoms with van der Waals surface area (Å²) in [5.41, 5.74) is 3.95. The summed E-state index contributed by atoms with van der Waals surface area (Å²) in [5.74, 6) is -0.990. The lowest BCUT2D eigenvalue weighted by atomic mass is 10.1. The number of rotatable bonds is 6. The number of aryl methyl sites for hydroxylation is 1. The van der Waals surface area contributed by atoms with Crippen LogP contribution in [0.1, 0.15) is 25.0 Å². The van der Waals surface area contributed by atoms with E-state index < -0.39 is 5.97 Å². The van der Waals surface area contributed by atoms with Gasteiger partial charge in [0.15, 0.2) is 0 Å². The molecule has 0 aliphatic carbocycles. The number of carboxylic acids is 1. The Bertz CT molecular complexity index is 748. The molecule has 0 unspecified atom stereocenters. The molecular formula is C19H21ClN2O2. The van der Waals surface area contributed by atoms with Crippen LogP contribution in [0.15, 0.2) is 66.3 Å². The lowest BCUT2D eigenvalue weighted by molar-refractivity contribution is -0.133. The number of carbonyl (C=O) groups is 1. The fourth-order valence-electron chi connectivity index (χ4n) is 2.52. The van der Waals surface area contributed by atoms with Crippen LogP contribution < -0.4 is 5.32 Å². The van der Waals surface area contributed by atoms with E-state index >= 15 is 0 Å². The number of benzene rings is 1. The molecule has 126 valence electrons. The van der Waals surface area contributed by atoms with Crippen LogP contribution in [0.25, 0.3) is 0 Å². The smallest absolute Gasteiger partial charge is 0.352 e. The first-order valence-corrected chi connectivity index (χ1v) is 8.12. The van der Waals surface area contributed by atoms with Crippen molar-refractivity contribution in [2.24, 2.45) is 0 Å². The number of allylic oxidation sites excluding steroid dienone is 3. The Morgan fingerprint density at radius 1 is 1.38 bits per heavy atom. The van der Waals surface area contributed by atoms with Gasteiger partial charge in [-0.25, -0.2) is 4.79 Å². The first-order valence-electron chi connectivity index (χ1n) is 7.75. The van der Waals surface area contributed by atoms with Gasteiger partial charge in [0, 0.05) is 23.5 Å². The van der Waals surface area contributed by atoms with Gasteiger partial charge in [-0.1, -0.05) is 37.2 Å². The fraction of sp³-hybridized carbons (Fsp3) is 0.211. The zero-order valence-corrected chi connectivity index (χ0v) is 14.6. The molecule has 24 heavy (non-hydrogen) atoms. The minimum Gasteiger partial charge on any atom is -0.477 e. The predicted molar refractivity (Wildman–Crippen MR) is 97.3 cm³/mol. The van der Waals surface area contributed by atoms with E-state index in [2.05, 4.69) is 18.8 Å². The van der Waals surface area contributed by atoms with E-state index in [0.29, 0.717) is 12.2 Å². The standard InChI is InChI=1S/C19H21ClN2O2/c1-4-14-10-16(20)8-7-15(14)11-21-17-9-6-13(3)22(12-17)18(5-2)19(23)24/h5-10,12,21H,3-4,11H2,1-2H3,(H,23,24)/b18-5-. The third-order valence-electron chi connectivity index (χ3n) is 3.82. The average Bonchev–Trinajstić information content (AvgIpc) is 2.56. The van der Waals surface area contributed by atoms with Crippen molar-refractivity contribution in [2.75, 3.05) is 0 Å². The third-order valence-corrected chi connectivity index (χ3v) is 4.05. The van der Waals surface area contributed by atoms with Crippen molar-refractivity contribution in [1.29, 1.82) is 0 Å². The summed E-state index contributed by atoms with van der Waals surface area (Å²) in [6.45, 7) is 8.30. The number of hydrogen-bond acceptors (Lipinski definition) is 3. The fourth-order valence-corrected chi connectivity index (χ4v) is 2.71. The van der Waals surface area contributed by atoms with Crippen molar-refractivity contribution in [1.82, 2.24) is 10.2 Å². The van der Waals surface area contributed by atoms with E-state index in [-0.39, 0.29) is 5.70 Å². The Hall–Kier alpha value is -2.46. The molecular weight excluding hydrogens is 324 g/mol. The molecule has 0 spiro atoms. The second kappa shape index (κ2) is 7.88. The van der Waals surface area contributed by atoms with E-state index in [1.807, 2.05) is 24.3 Å². The summed E-state index contributed by atoms with van der Waals surface area (Å²) in [5, 5.41) is 13.4. The van der Waals surface area contributed by atoms with Gasteiger partial charge in [0.2, 0.25) is 0 Å². The van der Waals surface area contributed by atoms with Crippen molar-refractivity contribution in [3.8, 4) is 0 Å². The molecule has 4 nitrogen and oxygen atoms in total. The maximum absolute atomic E-state index is 11.3. The quantitative estimate of drug-likeness (QED) is 0.759. The highest BCUT2D eigenvalue weighted by molar-refractivity contribution is 6.30. The maximum atomic E-state index is 11.3. The zero-order valence-electron chi connectivity index (χ0n) is 13.8. The van der Waals surface area contributed by atoms with Gasteiger partial charge < -0.3 is 15.3 Å². The first-order chi connectivity index (χ1) is 11.5. The van der Waals surface area contributed by atoms with Gasteiger partial charge in [0.05, 0.1) is 5.70 Å². The third kappa shape index (κ3) is 4.09. The normalized spacial score (nSPS) is 14.6. The molecule has 0 atom stereocenters. The molecule has 2 rings (SSSR count). The van der Waals surface area contributed by atoms with Crippen molar-refractivity contribution >= 4 is 17.6 Å². The number of nitrogens with one attached hydrogen (secondary N) is 1. The molecule has 0 fully saturated rings. The van der Waals surface area contributed by atoms with Crippen molar-refractivity contribution in [2.45, 2.75) is 26.8 Å². The highest BCUT2D eigenvalue weighted by Gasteiger charge is 2.18. The summed E-state index contributed by atoms with van der Waals surface area (Å²) in [6, 6.07) is 5.85. The SMILES string of the molecule is C=C1C=CC(NCc2ccc(Cl)cc2CC)=CN1/C(=C\C)C(=O)O. The lowest BCUT2D eigenvalue weighted by Gasteiger charge is -2.26. The molecule has 0 saturated heterocycles. The molecule has 0 saturated carbocycles. The largest absolute Gasteiger partial charge is 0.477 e. The number of aliphatic carboxylic acids is 1. The van der Waals surface area contributed by atoms with E-state index in [4.69, 9.17) is 11.6 Å². The Morgan fingerprint density at radius 2 is 2.12 bits per heavy atom. The van der Waals surface area contributed by atoms with E-state index in [0.717, 1.165) is 22.7 Å². The lowest BCUT2D eigenvalue weighted by Crippen LogP contribution is -2.26. The van der Waals surface area contributed by atoms with Gasteiger partial charge in [-0.15, -0.1) is 0 Å². The van der Waals surface area contributed by atoms with Gasteiger partial charge in [-0.3, -0.25) is 0 Å². The summed E-state index contributed by atoms with van der Waals surface area (Å²) < 4.78 is 0. The van der Waals surface area contributed by atoms with Crippen LogP contribution >= 0.6 is 11.6 Å².